The van der Waals surface area contributed by atoms with E-state index >= 15 is 0 Å². The van der Waals surface area contributed by atoms with Crippen LogP contribution in [0.25, 0.3) is 5.69 Å². The number of carbonyl (C=O) groups is 1. The third-order valence-electron chi connectivity index (χ3n) is 5.83. The minimum Gasteiger partial charge on any atom is -0.496 e. The Morgan fingerprint density at radius 2 is 1.79 bits per heavy atom. The van der Waals surface area contributed by atoms with Gasteiger partial charge in [0.2, 0.25) is 5.91 Å². The molecular formula is C25H31N5O2S. The minimum absolute atomic E-state index is 0.0499. The quantitative estimate of drug-likeness (QED) is 0.481. The second-order valence-corrected chi connectivity index (χ2v) is 9.50. The van der Waals surface area contributed by atoms with Crippen molar-refractivity contribution in [2.75, 3.05) is 20.2 Å². The van der Waals surface area contributed by atoms with Gasteiger partial charge in [-0.3, -0.25) is 14.3 Å². The number of para-hydroxylation sites is 2. The molecule has 0 bridgehead atoms. The van der Waals surface area contributed by atoms with E-state index in [9.17, 15) is 4.79 Å². The van der Waals surface area contributed by atoms with Crippen molar-refractivity contribution in [2.45, 2.75) is 49.7 Å². The molecule has 0 saturated carbocycles. The highest BCUT2D eigenvalue weighted by atomic mass is 32.2. The number of aromatic nitrogens is 3. The Balaban J connectivity index is 1.47. The molecular weight excluding hydrogens is 434 g/mol. The molecule has 1 aliphatic heterocycles. The number of piperidine rings is 1. The van der Waals surface area contributed by atoms with Gasteiger partial charge in [0.15, 0.2) is 11.0 Å². The molecule has 1 atom stereocenters. The fourth-order valence-corrected chi connectivity index (χ4v) is 4.93. The van der Waals surface area contributed by atoms with Gasteiger partial charge in [0, 0.05) is 17.8 Å². The molecule has 2 heterocycles. The van der Waals surface area contributed by atoms with Crippen LogP contribution in [0.3, 0.4) is 0 Å². The van der Waals surface area contributed by atoms with Crippen molar-refractivity contribution < 1.29 is 9.53 Å². The van der Waals surface area contributed by atoms with Gasteiger partial charge in [-0.1, -0.05) is 54.6 Å². The maximum absolute atomic E-state index is 12.9. The summed E-state index contributed by atoms with van der Waals surface area (Å²) in [4.78, 5) is 15.3. The van der Waals surface area contributed by atoms with E-state index in [0.717, 1.165) is 47.6 Å². The summed E-state index contributed by atoms with van der Waals surface area (Å²) >= 11 is 1.43. The highest BCUT2D eigenvalue weighted by Gasteiger charge is 2.23. The van der Waals surface area contributed by atoms with Crippen LogP contribution in [0.5, 0.6) is 5.75 Å². The number of amides is 1. The van der Waals surface area contributed by atoms with Crippen LogP contribution in [0, 0.1) is 0 Å². The van der Waals surface area contributed by atoms with Gasteiger partial charge in [0.25, 0.3) is 0 Å². The number of nitrogens with one attached hydrogen (secondary N) is 1. The summed E-state index contributed by atoms with van der Waals surface area (Å²) in [6, 6.07) is 17.8. The van der Waals surface area contributed by atoms with Crippen molar-refractivity contribution in [1.29, 1.82) is 0 Å². The lowest BCUT2D eigenvalue weighted by atomic mass is 10.1. The Bertz CT molecular complexity index is 1050. The Labute approximate surface area is 199 Å². The predicted molar refractivity (Wildman–Crippen MR) is 131 cm³/mol. The van der Waals surface area contributed by atoms with Crippen LogP contribution in [0.1, 0.15) is 37.6 Å². The van der Waals surface area contributed by atoms with Gasteiger partial charge >= 0.3 is 0 Å². The molecule has 1 unspecified atom stereocenters. The van der Waals surface area contributed by atoms with E-state index in [1.165, 1.54) is 31.0 Å². The van der Waals surface area contributed by atoms with Gasteiger partial charge in [-0.25, -0.2) is 0 Å². The maximum Gasteiger partial charge on any atom is 0.233 e. The van der Waals surface area contributed by atoms with Gasteiger partial charge < -0.3 is 10.1 Å². The number of likely N-dealkylation sites (tertiary alicyclic amines) is 1. The van der Waals surface area contributed by atoms with Crippen LogP contribution in [-0.2, 0) is 17.9 Å². The molecule has 1 saturated heterocycles. The predicted octanol–water partition coefficient (Wildman–Crippen LogP) is 4.06. The smallest absolute Gasteiger partial charge is 0.233 e. The monoisotopic (exact) mass is 465 g/mol. The largest absolute Gasteiger partial charge is 0.496 e. The number of thioether (sulfide) groups is 1. The summed E-state index contributed by atoms with van der Waals surface area (Å²) in [5.74, 6) is 1.63. The third kappa shape index (κ3) is 5.94. The Morgan fingerprint density at radius 3 is 2.55 bits per heavy atom. The first-order valence-corrected chi connectivity index (χ1v) is 12.3. The molecule has 7 nitrogen and oxygen atoms in total. The summed E-state index contributed by atoms with van der Waals surface area (Å²) in [5.41, 5.74) is 1.96. The van der Waals surface area contributed by atoms with E-state index < -0.39 is 0 Å². The lowest BCUT2D eigenvalue weighted by molar-refractivity contribution is -0.120. The molecule has 8 heteroatoms. The van der Waals surface area contributed by atoms with Gasteiger partial charge in [0.05, 0.1) is 18.9 Å². The standard InChI is InChI=1S/C25H31N5O2S/c1-19(24(31)26-17-20-11-7-8-14-22(20)32-2)33-25-28-27-23(18-29-15-9-4-10-16-29)30(25)21-12-5-3-6-13-21/h3,5-8,11-14,19H,4,9-10,15-18H2,1-2H3,(H,26,31). The second kappa shape index (κ2) is 11.3. The average Bonchev–Trinajstić information content (AvgIpc) is 3.25. The molecule has 174 valence electrons. The van der Waals surface area contributed by atoms with Crippen molar-refractivity contribution in [1.82, 2.24) is 25.0 Å². The van der Waals surface area contributed by atoms with Crippen LogP contribution >= 0.6 is 11.8 Å². The van der Waals surface area contributed by atoms with Crippen molar-refractivity contribution in [3.63, 3.8) is 0 Å². The highest BCUT2D eigenvalue weighted by Crippen LogP contribution is 2.27. The average molecular weight is 466 g/mol. The lowest BCUT2D eigenvalue weighted by Gasteiger charge is -2.26. The molecule has 0 aliphatic carbocycles. The number of benzene rings is 2. The van der Waals surface area contributed by atoms with E-state index in [1.807, 2.05) is 49.4 Å². The van der Waals surface area contributed by atoms with Crippen LogP contribution in [-0.4, -0.2) is 51.0 Å². The second-order valence-electron chi connectivity index (χ2n) is 8.20. The molecule has 1 aliphatic rings. The fraction of sp³-hybridized carbons (Fsp3) is 0.400. The van der Waals surface area contributed by atoms with E-state index in [-0.39, 0.29) is 11.2 Å². The zero-order chi connectivity index (χ0) is 23.0. The molecule has 1 fully saturated rings. The van der Waals surface area contributed by atoms with Gasteiger partial charge in [-0.05, 0) is 51.1 Å². The van der Waals surface area contributed by atoms with E-state index in [0.29, 0.717) is 6.54 Å². The summed E-state index contributed by atoms with van der Waals surface area (Å²) in [6.45, 7) is 5.25. The number of hydrogen-bond acceptors (Lipinski definition) is 6. The molecule has 0 radical (unpaired) electrons. The molecule has 1 amide bonds. The number of hydrogen-bond donors (Lipinski definition) is 1. The number of carbonyl (C=O) groups excluding carboxylic acids is 1. The summed E-state index contributed by atoms with van der Waals surface area (Å²) in [6.07, 6.45) is 3.75. The zero-order valence-electron chi connectivity index (χ0n) is 19.2. The lowest BCUT2D eigenvalue weighted by Crippen LogP contribution is -2.31. The van der Waals surface area contributed by atoms with Crippen molar-refractivity contribution in [2.24, 2.45) is 0 Å². The SMILES string of the molecule is COc1ccccc1CNC(=O)C(C)Sc1nnc(CN2CCCCC2)n1-c1ccccc1. The molecule has 33 heavy (non-hydrogen) atoms. The van der Waals surface area contributed by atoms with Crippen LogP contribution in [0.2, 0.25) is 0 Å². The van der Waals surface area contributed by atoms with Gasteiger partial charge in [0.1, 0.15) is 5.75 Å². The number of methoxy groups -OCH3 is 1. The third-order valence-corrected chi connectivity index (χ3v) is 6.87. The number of ether oxygens (including phenoxy) is 1. The van der Waals surface area contributed by atoms with Gasteiger partial charge in [-0.2, -0.15) is 0 Å². The summed E-state index contributed by atoms with van der Waals surface area (Å²) in [7, 11) is 1.64. The molecule has 4 rings (SSSR count). The topological polar surface area (TPSA) is 72.3 Å². The van der Waals surface area contributed by atoms with Crippen LogP contribution < -0.4 is 10.1 Å². The molecule has 2 aromatic carbocycles. The zero-order valence-corrected chi connectivity index (χ0v) is 20.1. The fourth-order valence-electron chi connectivity index (χ4n) is 4.02. The summed E-state index contributed by atoms with van der Waals surface area (Å²) in [5, 5.41) is 12.4. The maximum atomic E-state index is 12.9. The number of rotatable bonds is 9. The van der Waals surface area contributed by atoms with E-state index in [4.69, 9.17) is 4.74 Å². The van der Waals surface area contributed by atoms with Crippen molar-refractivity contribution >= 4 is 17.7 Å². The van der Waals surface area contributed by atoms with Crippen molar-refractivity contribution in [3.8, 4) is 11.4 Å². The normalized spacial score (nSPS) is 15.2. The Kier molecular flexibility index (Phi) is 8.01. The van der Waals surface area contributed by atoms with Gasteiger partial charge in [-0.15, -0.1) is 10.2 Å². The van der Waals surface area contributed by atoms with E-state index in [1.54, 1.807) is 7.11 Å². The first-order valence-electron chi connectivity index (χ1n) is 11.4. The minimum atomic E-state index is -0.325. The first kappa shape index (κ1) is 23.3. The molecule has 3 aromatic rings. The van der Waals surface area contributed by atoms with Crippen molar-refractivity contribution in [3.05, 3.63) is 66.0 Å². The Morgan fingerprint density at radius 1 is 1.06 bits per heavy atom. The molecule has 1 aromatic heterocycles. The van der Waals surface area contributed by atoms with Crippen LogP contribution in [0.15, 0.2) is 59.8 Å². The molecule has 0 spiro atoms. The highest BCUT2D eigenvalue weighted by molar-refractivity contribution is 8.00. The van der Waals surface area contributed by atoms with Crippen LogP contribution in [0.4, 0.5) is 0 Å². The summed E-state index contributed by atoms with van der Waals surface area (Å²) < 4.78 is 7.47. The Hall–Kier alpha value is -2.84. The first-order chi connectivity index (χ1) is 16.2. The number of nitrogens with zero attached hydrogens (tertiary/aromatic N) is 4. The molecule has 1 N–H and O–H groups in total. The van der Waals surface area contributed by atoms with E-state index in [2.05, 4.69) is 37.1 Å².